The number of hydrogen-bond donors (Lipinski definition) is 1. The van der Waals surface area contributed by atoms with Gasteiger partial charge >= 0.3 is 0 Å². The van der Waals surface area contributed by atoms with E-state index in [4.69, 9.17) is 4.74 Å². The lowest BCUT2D eigenvalue weighted by molar-refractivity contribution is 0.184. The van der Waals surface area contributed by atoms with Crippen molar-refractivity contribution < 1.29 is 4.74 Å². The number of hydrogen-bond acceptors (Lipinski definition) is 2. The van der Waals surface area contributed by atoms with Crippen LogP contribution in [-0.2, 0) is 17.8 Å². The lowest BCUT2D eigenvalue weighted by Gasteiger charge is -2.09. The molecular formula is C11H16BrNO. The maximum absolute atomic E-state index is 5.15. The van der Waals surface area contributed by atoms with Gasteiger partial charge in [0.15, 0.2) is 0 Å². The lowest BCUT2D eigenvalue weighted by atomic mass is 10.1. The maximum Gasteiger partial charge on any atom is 0.0715 e. The topological polar surface area (TPSA) is 21.3 Å². The van der Waals surface area contributed by atoms with E-state index in [1.807, 2.05) is 7.05 Å². The quantitative estimate of drug-likeness (QED) is 0.875. The Balaban J connectivity index is 2.79. The number of likely N-dealkylation sites (N-methyl/N-ethyl adjacent to an activating group) is 1. The zero-order valence-corrected chi connectivity index (χ0v) is 10.2. The van der Waals surface area contributed by atoms with Crippen LogP contribution in [-0.4, -0.2) is 20.7 Å². The standard InChI is InChI=1S/C11H16BrNO/c1-13-6-5-9-7-11(12)4-3-10(9)8-14-2/h3-4,7,13H,5-6,8H2,1-2H3. The van der Waals surface area contributed by atoms with Gasteiger partial charge in [-0.25, -0.2) is 0 Å². The Bertz CT molecular complexity index is 289. The first kappa shape index (κ1) is 11.7. The molecule has 0 aromatic heterocycles. The molecule has 0 saturated carbocycles. The summed E-state index contributed by atoms with van der Waals surface area (Å²) >= 11 is 3.48. The second-order valence-electron chi connectivity index (χ2n) is 3.20. The van der Waals surface area contributed by atoms with E-state index in [-0.39, 0.29) is 0 Å². The third-order valence-electron chi connectivity index (χ3n) is 2.11. The number of nitrogens with one attached hydrogen (secondary N) is 1. The first-order valence-corrected chi connectivity index (χ1v) is 5.48. The molecule has 0 spiro atoms. The fourth-order valence-corrected chi connectivity index (χ4v) is 1.79. The Hall–Kier alpha value is -0.380. The molecule has 1 aromatic carbocycles. The van der Waals surface area contributed by atoms with E-state index in [0.717, 1.165) is 17.4 Å². The normalized spacial score (nSPS) is 10.5. The summed E-state index contributed by atoms with van der Waals surface area (Å²) in [7, 11) is 3.69. The van der Waals surface area contributed by atoms with Gasteiger partial charge in [0.25, 0.3) is 0 Å². The van der Waals surface area contributed by atoms with Crippen molar-refractivity contribution in [2.24, 2.45) is 0 Å². The summed E-state index contributed by atoms with van der Waals surface area (Å²) in [6.07, 6.45) is 1.04. The van der Waals surface area contributed by atoms with Crippen LogP contribution in [0.2, 0.25) is 0 Å². The number of benzene rings is 1. The van der Waals surface area contributed by atoms with Gasteiger partial charge in [0.2, 0.25) is 0 Å². The molecule has 1 N–H and O–H groups in total. The molecule has 0 aliphatic rings. The summed E-state index contributed by atoms with van der Waals surface area (Å²) in [5.74, 6) is 0. The van der Waals surface area contributed by atoms with E-state index >= 15 is 0 Å². The van der Waals surface area contributed by atoms with Crippen molar-refractivity contribution in [3.63, 3.8) is 0 Å². The van der Waals surface area contributed by atoms with Crippen LogP contribution in [0.15, 0.2) is 22.7 Å². The lowest BCUT2D eigenvalue weighted by Crippen LogP contribution is -2.11. The molecule has 78 valence electrons. The minimum Gasteiger partial charge on any atom is -0.380 e. The van der Waals surface area contributed by atoms with Gasteiger partial charge in [-0.05, 0) is 43.3 Å². The van der Waals surface area contributed by atoms with E-state index in [2.05, 4.69) is 39.4 Å². The highest BCUT2D eigenvalue weighted by Gasteiger charge is 2.02. The highest BCUT2D eigenvalue weighted by molar-refractivity contribution is 9.10. The molecule has 0 aliphatic carbocycles. The van der Waals surface area contributed by atoms with Gasteiger partial charge in [0.05, 0.1) is 6.61 Å². The predicted molar refractivity (Wildman–Crippen MR) is 62.5 cm³/mol. The van der Waals surface area contributed by atoms with Crippen LogP contribution in [0.3, 0.4) is 0 Å². The van der Waals surface area contributed by atoms with Gasteiger partial charge in [-0.1, -0.05) is 22.0 Å². The Labute approximate surface area is 93.8 Å². The van der Waals surface area contributed by atoms with E-state index < -0.39 is 0 Å². The molecule has 0 bridgehead atoms. The van der Waals surface area contributed by atoms with Crippen molar-refractivity contribution >= 4 is 15.9 Å². The molecule has 0 amide bonds. The Morgan fingerprint density at radius 2 is 2.14 bits per heavy atom. The largest absolute Gasteiger partial charge is 0.380 e. The smallest absolute Gasteiger partial charge is 0.0715 e. The number of rotatable bonds is 5. The van der Waals surface area contributed by atoms with Gasteiger partial charge < -0.3 is 10.1 Å². The zero-order valence-electron chi connectivity index (χ0n) is 8.64. The highest BCUT2D eigenvalue weighted by atomic mass is 79.9. The summed E-state index contributed by atoms with van der Waals surface area (Å²) in [6, 6.07) is 6.32. The average Bonchev–Trinajstić information content (AvgIpc) is 2.18. The highest BCUT2D eigenvalue weighted by Crippen LogP contribution is 2.17. The first-order chi connectivity index (χ1) is 6.77. The van der Waals surface area contributed by atoms with Gasteiger partial charge in [-0.3, -0.25) is 0 Å². The summed E-state index contributed by atoms with van der Waals surface area (Å²) in [5, 5.41) is 3.15. The zero-order chi connectivity index (χ0) is 10.4. The van der Waals surface area contributed by atoms with Crippen LogP contribution < -0.4 is 5.32 Å². The van der Waals surface area contributed by atoms with Crippen molar-refractivity contribution in [3.8, 4) is 0 Å². The first-order valence-electron chi connectivity index (χ1n) is 4.68. The predicted octanol–water partition coefficient (Wildman–Crippen LogP) is 2.36. The van der Waals surface area contributed by atoms with Crippen molar-refractivity contribution in [1.29, 1.82) is 0 Å². The molecule has 3 heteroatoms. The van der Waals surface area contributed by atoms with Gasteiger partial charge in [-0.2, -0.15) is 0 Å². The Kier molecular flexibility index (Phi) is 5.15. The van der Waals surface area contributed by atoms with Crippen molar-refractivity contribution in [1.82, 2.24) is 5.32 Å². The molecule has 0 aliphatic heterocycles. The molecule has 0 unspecified atom stereocenters. The monoisotopic (exact) mass is 257 g/mol. The second-order valence-corrected chi connectivity index (χ2v) is 4.12. The molecule has 1 rings (SSSR count). The van der Waals surface area contributed by atoms with Crippen molar-refractivity contribution in [2.75, 3.05) is 20.7 Å². The molecule has 0 radical (unpaired) electrons. The van der Waals surface area contributed by atoms with Crippen molar-refractivity contribution in [2.45, 2.75) is 13.0 Å². The molecular weight excluding hydrogens is 242 g/mol. The summed E-state index contributed by atoms with van der Waals surface area (Å²) in [6.45, 7) is 1.68. The Morgan fingerprint density at radius 1 is 1.36 bits per heavy atom. The van der Waals surface area contributed by atoms with Crippen LogP contribution in [0.5, 0.6) is 0 Å². The van der Waals surface area contributed by atoms with E-state index in [1.165, 1.54) is 11.1 Å². The summed E-state index contributed by atoms with van der Waals surface area (Å²) in [4.78, 5) is 0. The minimum atomic E-state index is 0.687. The third kappa shape index (κ3) is 3.40. The van der Waals surface area contributed by atoms with Crippen LogP contribution >= 0.6 is 15.9 Å². The third-order valence-corrected chi connectivity index (χ3v) is 2.61. The fraction of sp³-hybridized carbons (Fsp3) is 0.455. The van der Waals surface area contributed by atoms with Gasteiger partial charge in [0, 0.05) is 11.6 Å². The van der Waals surface area contributed by atoms with Crippen LogP contribution in [0.25, 0.3) is 0 Å². The minimum absolute atomic E-state index is 0.687. The summed E-state index contributed by atoms with van der Waals surface area (Å²) < 4.78 is 6.28. The fourth-order valence-electron chi connectivity index (χ4n) is 1.38. The molecule has 2 nitrogen and oxygen atoms in total. The molecule has 0 fully saturated rings. The Morgan fingerprint density at radius 3 is 2.79 bits per heavy atom. The van der Waals surface area contributed by atoms with Crippen LogP contribution in [0, 0.1) is 0 Å². The number of methoxy groups -OCH3 is 1. The maximum atomic E-state index is 5.15. The van der Waals surface area contributed by atoms with Gasteiger partial charge in [0.1, 0.15) is 0 Å². The SMILES string of the molecule is CNCCc1cc(Br)ccc1COC. The van der Waals surface area contributed by atoms with E-state index in [0.29, 0.717) is 6.61 Å². The molecule has 1 aromatic rings. The average molecular weight is 258 g/mol. The number of ether oxygens (including phenoxy) is 1. The second kappa shape index (κ2) is 6.17. The molecule has 14 heavy (non-hydrogen) atoms. The van der Waals surface area contributed by atoms with E-state index in [1.54, 1.807) is 7.11 Å². The van der Waals surface area contributed by atoms with E-state index in [9.17, 15) is 0 Å². The summed E-state index contributed by atoms with van der Waals surface area (Å²) in [5.41, 5.74) is 2.61. The molecule has 0 atom stereocenters. The van der Waals surface area contributed by atoms with Gasteiger partial charge in [-0.15, -0.1) is 0 Å². The molecule has 0 saturated heterocycles. The number of halogens is 1. The van der Waals surface area contributed by atoms with Crippen LogP contribution in [0.4, 0.5) is 0 Å². The van der Waals surface area contributed by atoms with Crippen LogP contribution in [0.1, 0.15) is 11.1 Å². The molecule has 0 heterocycles. The van der Waals surface area contributed by atoms with Crippen molar-refractivity contribution in [3.05, 3.63) is 33.8 Å².